The molecule has 0 fully saturated rings. The molecule has 0 saturated carbocycles. The van der Waals surface area contributed by atoms with E-state index in [2.05, 4.69) is 31.8 Å². The number of aliphatic imine (C=N–C) groups is 1. The molecule has 2 aromatic carbocycles. The molecule has 3 aromatic rings. The van der Waals surface area contributed by atoms with Crippen LogP contribution in [0.15, 0.2) is 47.5 Å². The zero-order valence-electron chi connectivity index (χ0n) is 20.0. The number of rotatable bonds is 6. The van der Waals surface area contributed by atoms with Crippen LogP contribution in [0.1, 0.15) is 54.3 Å². The number of methoxy groups -OCH3 is 1. The van der Waals surface area contributed by atoms with E-state index in [1.807, 2.05) is 18.2 Å². The van der Waals surface area contributed by atoms with Gasteiger partial charge in [0.15, 0.2) is 11.5 Å². The molecular formula is C28H29FN2O2S. The van der Waals surface area contributed by atoms with Gasteiger partial charge in [0.2, 0.25) is 0 Å². The van der Waals surface area contributed by atoms with E-state index in [0.717, 1.165) is 41.0 Å². The van der Waals surface area contributed by atoms with Gasteiger partial charge in [-0.15, -0.1) is 11.3 Å². The lowest BCUT2D eigenvalue weighted by atomic mass is 9.72. The van der Waals surface area contributed by atoms with Crippen LogP contribution < -0.4 is 9.47 Å². The summed E-state index contributed by atoms with van der Waals surface area (Å²) < 4.78 is 24.5. The van der Waals surface area contributed by atoms with Crippen LogP contribution in [0.5, 0.6) is 11.5 Å². The summed E-state index contributed by atoms with van der Waals surface area (Å²) in [7, 11) is 1.59. The number of thiophene rings is 1. The maximum Gasteiger partial charge on any atom is 0.161 e. The fourth-order valence-electron chi connectivity index (χ4n) is 4.28. The van der Waals surface area contributed by atoms with Gasteiger partial charge in [-0.3, -0.25) is 0 Å². The first-order chi connectivity index (χ1) is 16.3. The number of nitrogens with zero attached hydrogens (tertiary/aromatic N) is 2. The Kier molecular flexibility index (Phi) is 7.04. The topological polar surface area (TPSA) is 54.6 Å². The van der Waals surface area contributed by atoms with Gasteiger partial charge in [-0.1, -0.05) is 32.9 Å². The molecule has 1 aliphatic rings. The van der Waals surface area contributed by atoms with Crippen molar-refractivity contribution in [3.05, 3.63) is 75.4 Å². The Morgan fingerprint density at radius 3 is 2.62 bits per heavy atom. The fraction of sp³-hybridized carbons (Fsp3) is 0.357. The maximum atomic E-state index is 13.1. The monoisotopic (exact) mass is 476 g/mol. The molecule has 1 atom stereocenters. The van der Waals surface area contributed by atoms with E-state index in [-0.39, 0.29) is 11.2 Å². The van der Waals surface area contributed by atoms with E-state index < -0.39 is 0 Å². The third-order valence-corrected chi connectivity index (χ3v) is 7.57. The van der Waals surface area contributed by atoms with E-state index in [1.165, 1.54) is 22.6 Å². The SMILES string of the molecule is COc1cc(C=Nc2sc3c(c2C#N)CC[C@H](C(C)(C)C)C3)ccc1OCc1ccc(F)cc1. The molecule has 1 aromatic heterocycles. The molecular weight excluding hydrogens is 447 g/mol. The summed E-state index contributed by atoms with van der Waals surface area (Å²) in [5, 5.41) is 10.6. The van der Waals surface area contributed by atoms with Gasteiger partial charge >= 0.3 is 0 Å². The highest BCUT2D eigenvalue weighted by Gasteiger charge is 2.32. The summed E-state index contributed by atoms with van der Waals surface area (Å²) in [5.74, 6) is 1.53. The molecule has 1 aliphatic carbocycles. The molecule has 0 spiro atoms. The Labute approximate surface area is 204 Å². The minimum Gasteiger partial charge on any atom is -0.493 e. The molecule has 6 heteroatoms. The zero-order chi connectivity index (χ0) is 24.3. The average molecular weight is 477 g/mol. The van der Waals surface area contributed by atoms with Gasteiger partial charge in [0.1, 0.15) is 23.5 Å². The Bertz CT molecular complexity index is 1230. The van der Waals surface area contributed by atoms with Crippen LogP contribution in [-0.4, -0.2) is 13.3 Å². The summed E-state index contributed by atoms with van der Waals surface area (Å²) in [6.45, 7) is 7.19. The van der Waals surface area contributed by atoms with Crippen LogP contribution in [0, 0.1) is 28.5 Å². The number of fused-ring (bicyclic) bond motifs is 1. The Hall–Kier alpha value is -3.17. The molecule has 0 aliphatic heterocycles. The summed E-state index contributed by atoms with van der Waals surface area (Å²) >= 11 is 1.64. The minimum atomic E-state index is -0.273. The van der Waals surface area contributed by atoms with E-state index in [0.29, 0.717) is 24.0 Å². The summed E-state index contributed by atoms with van der Waals surface area (Å²) in [6.07, 6.45) is 4.84. The van der Waals surface area contributed by atoms with Crippen molar-refractivity contribution in [3.63, 3.8) is 0 Å². The van der Waals surface area contributed by atoms with Crippen LogP contribution in [0.4, 0.5) is 9.39 Å². The minimum absolute atomic E-state index is 0.259. The van der Waals surface area contributed by atoms with E-state index in [4.69, 9.17) is 9.47 Å². The second-order valence-electron chi connectivity index (χ2n) is 9.69. The van der Waals surface area contributed by atoms with Gasteiger partial charge in [0, 0.05) is 11.1 Å². The predicted octanol–water partition coefficient (Wildman–Crippen LogP) is 7.25. The smallest absolute Gasteiger partial charge is 0.161 e. The van der Waals surface area contributed by atoms with Crippen molar-refractivity contribution in [2.45, 2.75) is 46.6 Å². The van der Waals surface area contributed by atoms with Crippen molar-refractivity contribution in [3.8, 4) is 17.6 Å². The highest BCUT2D eigenvalue weighted by Crippen LogP contribution is 2.45. The molecule has 0 radical (unpaired) electrons. The number of nitriles is 1. The Balaban J connectivity index is 1.51. The largest absolute Gasteiger partial charge is 0.493 e. The highest BCUT2D eigenvalue weighted by atomic mass is 32.1. The van der Waals surface area contributed by atoms with Crippen LogP contribution in [0.25, 0.3) is 0 Å². The normalized spacial score (nSPS) is 15.7. The molecule has 0 bridgehead atoms. The molecule has 0 saturated heterocycles. The van der Waals surface area contributed by atoms with Crippen molar-refractivity contribution in [1.29, 1.82) is 5.26 Å². The van der Waals surface area contributed by atoms with Gasteiger partial charge in [0.05, 0.1) is 12.7 Å². The second-order valence-corrected chi connectivity index (χ2v) is 10.8. The number of hydrogen-bond acceptors (Lipinski definition) is 5. The summed E-state index contributed by atoms with van der Waals surface area (Å²) in [6, 6.07) is 14.2. The molecule has 176 valence electrons. The van der Waals surface area contributed by atoms with Crippen LogP contribution in [-0.2, 0) is 19.4 Å². The van der Waals surface area contributed by atoms with Gasteiger partial charge in [-0.25, -0.2) is 9.38 Å². The van der Waals surface area contributed by atoms with E-state index in [1.54, 1.807) is 36.8 Å². The molecule has 0 amide bonds. The van der Waals surface area contributed by atoms with Gasteiger partial charge < -0.3 is 9.47 Å². The van der Waals surface area contributed by atoms with Crippen molar-refractivity contribution in [2.24, 2.45) is 16.3 Å². The van der Waals surface area contributed by atoms with Crippen molar-refractivity contribution in [1.82, 2.24) is 0 Å². The highest BCUT2D eigenvalue weighted by molar-refractivity contribution is 7.16. The average Bonchev–Trinajstić information content (AvgIpc) is 3.18. The quantitative estimate of drug-likeness (QED) is 0.352. The van der Waals surface area contributed by atoms with Gasteiger partial charge in [-0.2, -0.15) is 5.26 Å². The number of hydrogen-bond donors (Lipinski definition) is 0. The maximum absolute atomic E-state index is 13.1. The molecule has 0 unspecified atom stereocenters. The summed E-state index contributed by atoms with van der Waals surface area (Å²) in [5.41, 5.74) is 3.88. The first-order valence-electron chi connectivity index (χ1n) is 11.4. The number of ether oxygens (including phenoxy) is 2. The molecule has 4 nitrogen and oxygen atoms in total. The third kappa shape index (κ3) is 5.31. The lowest BCUT2D eigenvalue weighted by Crippen LogP contribution is -2.26. The van der Waals surface area contributed by atoms with Crippen molar-refractivity contribution in [2.75, 3.05) is 7.11 Å². The van der Waals surface area contributed by atoms with Crippen LogP contribution in [0.2, 0.25) is 0 Å². The number of halogens is 1. The Morgan fingerprint density at radius 2 is 1.94 bits per heavy atom. The van der Waals surface area contributed by atoms with Gasteiger partial charge in [0.25, 0.3) is 0 Å². The first kappa shape index (κ1) is 24.0. The third-order valence-electron chi connectivity index (χ3n) is 6.41. The van der Waals surface area contributed by atoms with Gasteiger partial charge in [-0.05, 0) is 77.6 Å². The second kappa shape index (κ2) is 9.99. The van der Waals surface area contributed by atoms with Crippen LogP contribution in [0.3, 0.4) is 0 Å². The summed E-state index contributed by atoms with van der Waals surface area (Å²) in [4.78, 5) is 5.99. The fourth-order valence-corrected chi connectivity index (χ4v) is 5.50. The Morgan fingerprint density at radius 1 is 1.18 bits per heavy atom. The van der Waals surface area contributed by atoms with Crippen LogP contribution >= 0.6 is 11.3 Å². The zero-order valence-corrected chi connectivity index (χ0v) is 20.8. The first-order valence-corrected chi connectivity index (χ1v) is 12.2. The molecule has 1 heterocycles. The lowest BCUT2D eigenvalue weighted by Gasteiger charge is -2.33. The number of benzene rings is 2. The molecule has 0 N–H and O–H groups in total. The van der Waals surface area contributed by atoms with Crippen molar-refractivity contribution >= 4 is 22.6 Å². The van der Waals surface area contributed by atoms with Crippen molar-refractivity contribution < 1.29 is 13.9 Å². The van der Waals surface area contributed by atoms with E-state index >= 15 is 0 Å². The predicted molar refractivity (Wildman–Crippen MR) is 135 cm³/mol. The standard InChI is InChI=1S/C28H29FN2O2S/c1-28(2,3)20-8-11-22-23(15-30)27(34-26(22)14-20)31-16-19-7-12-24(25(13-19)32-4)33-17-18-5-9-21(29)10-6-18/h5-7,9-10,12-13,16,20H,8,11,14,17H2,1-4H3/t20-/m0/s1. The lowest BCUT2D eigenvalue weighted by molar-refractivity contribution is 0.218. The van der Waals surface area contributed by atoms with E-state index in [9.17, 15) is 9.65 Å². The molecule has 34 heavy (non-hydrogen) atoms. The molecule has 4 rings (SSSR count).